The van der Waals surface area contributed by atoms with Gasteiger partial charge in [0.25, 0.3) is 0 Å². The fourth-order valence-corrected chi connectivity index (χ4v) is 10.5. The molecule has 6 aliphatic carbocycles. The zero-order valence-electron chi connectivity index (χ0n) is 19.1. The van der Waals surface area contributed by atoms with Gasteiger partial charge in [0.05, 0.1) is 11.8 Å². The van der Waals surface area contributed by atoms with Crippen LogP contribution >= 0.6 is 0 Å². The van der Waals surface area contributed by atoms with Crippen molar-refractivity contribution in [3.05, 3.63) is 0 Å². The number of sulfonamides is 1. The summed E-state index contributed by atoms with van der Waals surface area (Å²) >= 11 is 0. The third-order valence-electron chi connectivity index (χ3n) is 9.65. The van der Waals surface area contributed by atoms with Crippen molar-refractivity contribution in [2.24, 2.45) is 47.3 Å². The Balaban J connectivity index is 1.23. The van der Waals surface area contributed by atoms with Crippen LogP contribution in [-0.2, 0) is 43.6 Å². The summed E-state index contributed by atoms with van der Waals surface area (Å²) in [6.45, 7) is 1.92. The summed E-state index contributed by atoms with van der Waals surface area (Å²) in [5.41, 5.74) is -6.59. The van der Waals surface area contributed by atoms with Gasteiger partial charge in [0.2, 0.25) is 0 Å². The fourth-order valence-electron chi connectivity index (χ4n) is 8.36. The Morgan fingerprint density at radius 1 is 1.00 bits per heavy atom. The summed E-state index contributed by atoms with van der Waals surface area (Å²) < 4.78 is 102. The van der Waals surface area contributed by atoms with Gasteiger partial charge >= 0.3 is 37.8 Å². The summed E-state index contributed by atoms with van der Waals surface area (Å²) in [6, 6.07) is 0. The number of ether oxygens (including phenoxy) is 2. The van der Waals surface area contributed by atoms with E-state index in [1.54, 1.807) is 0 Å². The largest absolute Gasteiger partial charge is 0.512 e. The molecule has 202 valence electrons. The molecule has 10 nitrogen and oxygen atoms in total. The van der Waals surface area contributed by atoms with Crippen molar-refractivity contribution in [1.29, 1.82) is 0 Å². The molecule has 1 saturated heterocycles. The van der Waals surface area contributed by atoms with E-state index in [0.29, 0.717) is 16.0 Å². The molecule has 7 rings (SSSR count). The first-order valence-corrected chi connectivity index (χ1v) is 14.9. The number of nitrogens with one attached hydrogen (secondary N) is 1. The summed E-state index contributed by atoms with van der Waals surface area (Å²) in [6.07, 6.45) is 2.59. The Bertz CT molecular complexity index is 1190. The maximum absolute atomic E-state index is 13.5. The standard InChI is InChI=1S/C21H26F3NO9S2/c1-20(10-3-8-2-9(5-10)6-11(20)4-8)33-19(27)15-13-7-12-14(15)18(26)32-16(12)17(13)34-36(30,31)25-35(28,29)21(22,23)24/h8-17,25H,2-7H2,1H3. The van der Waals surface area contributed by atoms with Gasteiger partial charge in [-0.15, -0.1) is 0 Å². The molecular weight excluding hydrogens is 531 g/mol. The highest BCUT2D eigenvalue weighted by Crippen LogP contribution is 2.62. The molecular formula is C21H26F3NO9S2. The second-order valence-corrected chi connectivity index (χ2v) is 14.7. The molecule has 7 fully saturated rings. The third kappa shape index (κ3) is 3.55. The van der Waals surface area contributed by atoms with E-state index in [-0.39, 0.29) is 18.3 Å². The molecule has 6 saturated carbocycles. The Kier molecular flexibility index (Phi) is 5.22. The van der Waals surface area contributed by atoms with E-state index in [4.69, 9.17) is 13.7 Å². The van der Waals surface area contributed by atoms with Gasteiger partial charge < -0.3 is 9.47 Å². The molecule has 1 aliphatic heterocycles. The number of fused-ring (bicyclic) bond motifs is 1. The molecule has 1 N–H and O–H groups in total. The Hall–Kier alpha value is -1.45. The SMILES string of the molecule is CC1(OC(=O)C2C3CC4C(OC(=O)C42)C3OS(=O)(=O)NS(=O)(=O)C(F)(F)F)C2CC3CC(C2)CC1C3. The average Bonchev–Trinajstić information content (AvgIpc) is 3.33. The van der Waals surface area contributed by atoms with Gasteiger partial charge in [0, 0.05) is 11.8 Å². The van der Waals surface area contributed by atoms with E-state index >= 15 is 0 Å². The lowest BCUT2D eigenvalue weighted by atomic mass is 9.50. The van der Waals surface area contributed by atoms with E-state index in [1.165, 1.54) is 6.42 Å². The second-order valence-electron chi connectivity index (χ2n) is 11.5. The predicted octanol–water partition coefficient (Wildman–Crippen LogP) is 1.62. The van der Waals surface area contributed by atoms with Crippen LogP contribution < -0.4 is 4.13 Å². The summed E-state index contributed by atoms with van der Waals surface area (Å²) in [7, 11) is -11.7. The average molecular weight is 558 g/mol. The quantitative estimate of drug-likeness (QED) is 0.482. The minimum atomic E-state index is -6.26. The molecule has 0 radical (unpaired) electrons. The van der Waals surface area contributed by atoms with Gasteiger partial charge in [-0.1, -0.05) is 4.13 Å². The third-order valence-corrected chi connectivity index (χ3v) is 12.4. The number of halogens is 3. The van der Waals surface area contributed by atoms with Crippen molar-refractivity contribution < 1.29 is 53.3 Å². The molecule has 0 aromatic carbocycles. The summed E-state index contributed by atoms with van der Waals surface area (Å²) in [5.74, 6) is -3.16. The lowest BCUT2D eigenvalue weighted by molar-refractivity contribution is -0.210. The van der Waals surface area contributed by atoms with E-state index < -0.39 is 79.3 Å². The van der Waals surface area contributed by atoms with Crippen molar-refractivity contribution in [3.8, 4) is 0 Å². The first-order valence-electron chi connectivity index (χ1n) is 12.1. The number of carbonyl (C=O) groups excluding carboxylic acids is 2. The number of hydrogen-bond acceptors (Lipinski definition) is 9. The maximum atomic E-state index is 13.5. The maximum Gasteiger partial charge on any atom is 0.512 e. The highest BCUT2D eigenvalue weighted by atomic mass is 32.3. The van der Waals surface area contributed by atoms with Crippen molar-refractivity contribution in [3.63, 3.8) is 0 Å². The number of hydrogen-bond donors (Lipinski definition) is 1. The predicted molar refractivity (Wildman–Crippen MR) is 112 cm³/mol. The highest BCUT2D eigenvalue weighted by Gasteiger charge is 2.71. The van der Waals surface area contributed by atoms with Crippen LogP contribution in [0.2, 0.25) is 0 Å². The van der Waals surface area contributed by atoms with Gasteiger partial charge in [-0.2, -0.15) is 21.6 Å². The van der Waals surface area contributed by atoms with Crippen LogP contribution in [0.3, 0.4) is 0 Å². The monoisotopic (exact) mass is 557 g/mol. The van der Waals surface area contributed by atoms with Crippen LogP contribution in [0.5, 0.6) is 0 Å². The normalized spacial score (nSPS) is 46.8. The lowest BCUT2D eigenvalue weighted by Gasteiger charge is -2.59. The molecule has 7 aliphatic rings. The topological polar surface area (TPSA) is 142 Å². The molecule has 36 heavy (non-hydrogen) atoms. The number of alkyl halides is 3. The van der Waals surface area contributed by atoms with E-state index in [2.05, 4.69) is 0 Å². The minimum Gasteiger partial charge on any atom is -0.459 e. The van der Waals surface area contributed by atoms with E-state index in [1.807, 2.05) is 6.92 Å². The first kappa shape index (κ1) is 24.9. The van der Waals surface area contributed by atoms with Crippen molar-refractivity contribution in [1.82, 2.24) is 4.13 Å². The van der Waals surface area contributed by atoms with Crippen LogP contribution in [0.1, 0.15) is 45.4 Å². The zero-order valence-corrected chi connectivity index (χ0v) is 20.8. The van der Waals surface area contributed by atoms with Crippen LogP contribution in [0.4, 0.5) is 13.2 Å². The minimum absolute atomic E-state index is 0.167. The Labute approximate surface area is 205 Å². The van der Waals surface area contributed by atoms with Crippen molar-refractivity contribution in [2.45, 2.75) is 68.8 Å². The van der Waals surface area contributed by atoms with Gasteiger partial charge in [-0.05, 0) is 69.1 Å². The summed E-state index contributed by atoms with van der Waals surface area (Å²) in [4.78, 5) is 26.1. The molecule has 6 atom stereocenters. The number of carbonyl (C=O) groups is 2. The Morgan fingerprint density at radius 2 is 1.58 bits per heavy atom. The second kappa shape index (κ2) is 7.56. The number of rotatable bonds is 6. The highest BCUT2D eigenvalue weighted by molar-refractivity contribution is 8.03. The van der Waals surface area contributed by atoms with Crippen LogP contribution in [0.25, 0.3) is 0 Å². The fraction of sp³-hybridized carbons (Fsp3) is 0.905. The molecule has 0 aromatic rings. The molecule has 0 aromatic heterocycles. The smallest absolute Gasteiger partial charge is 0.459 e. The molecule has 0 amide bonds. The van der Waals surface area contributed by atoms with Crippen LogP contribution in [-0.4, -0.2) is 52.1 Å². The molecule has 6 unspecified atom stereocenters. The summed E-state index contributed by atoms with van der Waals surface area (Å²) in [5, 5.41) is 0. The molecule has 1 heterocycles. The van der Waals surface area contributed by atoms with Gasteiger partial charge in [-0.3, -0.25) is 9.59 Å². The van der Waals surface area contributed by atoms with Crippen molar-refractivity contribution >= 4 is 32.3 Å². The number of esters is 2. The van der Waals surface area contributed by atoms with Crippen molar-refractivity contribution in [2.75, 3.05) is 0 Å². The Morgan fingerprint density at radius 3 is 2.14 bits per heavy atom. The van der Waals surface area contributed by atoms with Crippen LogP contribution in [0, 0.1) is 47.3 Å². The first-order chi connectivity index (χ1) is 16.6. The molecule has 0 spiro atoms. The van der Waals surface area contributed by atoms with Gasteiger partial charge in [-0.25, -0.2) is 12.6 Å². The van der Waals surface area contributed by atoms with Crippen LogP contribution in [0.15, 0.2) is 0 Å². The molecule has 6 bridgehead atoms. The van der Waals surface area contributed by atoms with Gasteiger partial charge in [0.1, 0.15) is 17.8 Å². The van der Waals surface area contributed by atoms with E-state index in [9.17, 15) is 39.6 Å². The van der Waals surface area contributed by atoms with E-state index in [0.717, 1.165) is 25.7 Å². The van der Waals surface area contributed by atoms with Gasteiger partial charge in [0.15, 0.2) is 0 Å². The molecule has 15 heteroatoms. The zero-order chi connectivity index (χ0) is 26.0. The lowest BCUT2D eigenvalue weighted by Crippen LogP contribution is -2.59.